The van der Waals surface area contributed by atoms with E-state index in [2.05, 4.69) is 26.9 Å². The second kappa shape index (κ2) is 9.81. The third-order valence-electron chi connectivity index (χ3n) is 4.54. The van der Waals surface area contributed by atoms with Crippen molar-refractivity contribution in [3.8, 4) is 0 Å². The van der Waals surface area contributed by atoms with Gasteiger partial charge in [0.05, 0.1) is 6.20 Å². The number of aromatic nitrogens is 2. The van der Waals surface area contributed by atoms with Gasteiger partial charge in [-0.15, -0.1) is 0 Å². The molecule has 0 aliphatic heterocycles. The Kier molecular flexibility index (Phi) is 7.75. The summed E-state index contributed by atoms with van der Waals surface area (Å²) in [7, 11) is 3.06. The van der Waals surface area contributed by atoms with Gasteiger partial charge >= 0.3 is 0 Å². The van der Waals surface area contributed by atoms with E-state index in [-0.39, 0.29) is 0 Å². The molecule has 0 bridgehead atoms. The lowest BCUT2D eigenvalue weighted by Crippen LogP contribution is -2.46. The first-order chi connectivity index (χ1) is 11.6. The molecular weight excluding hydrogens is 322 g/mol. The molecule has 7 heteroatoms. The third kappa shape index (κ3) is 5.92. The minimum absolute atomic E-state index is 0.338. The lowest BCUT2D eigenvalue weighted by atomic mass is 9.95. The highest BCUT2D eigenvalue weighted by molar-refractivity contribution is 7.85. The fourth-order valence-electron chi connectivity index (χ4n) is 3.24. The zero-order valence-electron chi connectivity index (χ0n) is 15.1. The van der Waals surface area contributed by atoms with Crippen LogP contribution in [0.2, 0.25) is 0 Å². The molecule has 0 aromatic carbocycles. The Morgan fingerprint density at radius 1 is 1.50 bits per heavy atom. The largest absolute Gasteiger partial charge is 0.356 e. The van der Waals surface area contributed by atoms with Crippen LogP contribution in [-0.2, 0) is 24.3 Å². The summed E-state index contributed by atoms with van der Waals surface area (Å²) in [5.74, 6) is 1.62. The highest BCUT2D eigenvalue weighted by Gasteiger charge is 2.25. The van der Waals surface area contributed by atoms with Crippen LogP contribution in [0.25, 0.3) is 0 Å². The van der Waals surface area contributed by atoms with Crippen LogP contribution >= 0.6 is 0 Å². The second-order valence-electron chi connectivity index (χ2n) is 6.42. The van der Waals surface area contributed by atoms with Crippen LogP contribution in [0, 0.1) is 0 Å². The first kappa shape index (κ1) is 19.0. The van der Waals surface area contributed by atoms with Crippen molar-refractivity contribution in [2.45, 2.75) is 56.7 Å². The predicted octanol–water partition coefficient (Wildman–Crippen LogP) is 1.60. The molecular formula is C17H31N5OS. The van der Waals surface area contributed by atoms with Gasteiger partial charge < -0.3 is 10.6 Å². The van der Waals surface area contributed by atoms with Crippen LogP contribution in [-0.4, -0.2) is 50.6 Å². The maximum absolute atomic E-state index is 12.0. The van der Waals surface area contributed by atoms with Crippen LogP contribution in [0.5, 0.6) is 0 Å². The molecule has 1 heterocycles. The monoisotopic (exact) mass is 353 g/mol. The van der Waals surface area contributed by atoms with Crippen molar-refractivity contribution in [3.05, 3.63) is 18.0 Å². The third-order valence-corrected chi connectivity index (χ3v) is 6.28. The van der Waals surface area contributed by atoms with Crippen LogP contribution < -0.4 is 10.6 Å². The van der Waals surface area contributed by atoms with E-state index in [9.17, 15) is 4.21 Å². The predicted molar refractivity (Wildman–Crippen MR) is 101 cm³/mol. The summed E-state index contributed by atoms with van der Waals surface area (Å²) in [4.78, 5) is 4.32. The summed E-state index contributed by atoms with van der Waals surface area (Å²) in [6.07, 6.45) is 10.4. The van der Waals surface area contributed by atoms with Crippen LogP contribution in [0.3, 0.4) is 0 Å². The van der Waals surface area contributed by atoms with Crippen molar-refractivity contribution >= 4 is 16.8 Å². The lowest BCUT2D eigenvalue weighted by molar-refractivity contribution is 0.413. The van der Waals surface area contributed by atoms with Crippen molar-refractivity contribution in [3.63, 3.8) is 0 Å². The molecule has 1 saturated carbocycles. The van der Waals surface area contributed by atoms with Gasteiger partial charge in [-0.1, -0.05) is 13.3 Å². The Bertz CT molecular complexity index is 557. The zero-order chi connectivity index (χ0) is 17.4. The first-order valence-corrected chi connectivity index (χ1v) is 10.3. The minimum Gasteiger partial charge on any atom is -0.356 e. The fourth-order valence-corrected chi connectivity index (χ4v) is 4.59. The van der Waals surface area contributed by atoms with Gasteiger partial charge in [0.1, 0.15) is 0 Å². The number of nitrogens with zero attached hydrogens (tertiary/aromatic N) is 3. The van der Waals surface area contributed by atoms with E-state index in [1.807, 2.05) is 24.9 Å². The van der Waals surface area contributed by atoms with E-state index in [0.29, 0.717) is 11.3 Å². The summed E-state index contributed by atoms with van der Waals surface area (Å²) in [6.45, 7) is 2.89. The normalized spacial score (nSPS) is 23.0. The van der Waals surface area contributed by atoms with Gasteiger partial charge in [-0.05, 0) is 37.7 Å². The van der Waals surface area contributed by atoms with Crippen molar-refractivity contribution in [2.75, 3.05) is 19.3 Å². The molecule has 24 heavy (non-hydrogen) atoms. The number of aliphatic imine (C=N–C) groups is 1. The Morgan fingerprint density at radius 2 is 2.33 bits per heavy atom. The summed E-state index contributed by atoms with van der Waals surface area (Å²) in [6, 6.07) is 0.378. The Balaban J connectivity index is 1.70. The number of hydrogen-bond donors (Lipinski definition) is 2. The van der Waals surface area contributed by atoms with E-state index in [0.717, 1.165) is 56.8 Å². The van der Waals surface area contributed by atoms with E-state index in [1.165, 1.54) is 5.56 Å². The van der Waals surface area contributed by atoms with Gasteiger partial charge in [0, 0.05) is 54.7 Å². The number of rotatable bonds is 7. The Morgan fingerprint density at radius 3 is 3.00 bits per heavy atom. The molecule has 0 saturated heterocycles. The summed E-state index contributed by atoms with van der Waals surface area (Å²) in [5.41, 5.74) is 1.26. The maximum Gasteiger partial charge on any atom is 0.191 e. The smallest absolute Gasteiger partial charge is 0.191 e. The van der Waals surface area contributed by atoms with Crippen LogP contribution in [0.4, 0.5) is 0 Å². The van der Waals surface area contributed by atoms with Crippen molar-refractivity contribution in [2.24, 2.45) is 12.0 Å². The molecule has 1 aliphatic carbocycles. The fraction of sp³-hybridized carbons (Fsp3) is 0.765. The van der Waals surface area contributed by atoms with Crippen molar-refractivity contribution in [1.29, 1.82) is 0 Å². The molecule has 1 aliphatic rings. The molecule has 3 unspecified atom stereocenters. The molecule has 0 spiro atoms. The van der Waals surface area contributed by atoms with Gasteiger partial charge in [-0.25, -0.2) is 0 Å². The van der Waals surface area contributed by atoms with Crippen molar-refractivity contribution < 1.29 is 4.21 Å². The molecule has 2 rings (SSSR count). The minimum atomic E-state index is -0.685. The van der Waals surface area contributed by atoms with Gasteiger partial charge in [-0.3, -0.25) is 13.9 Å². The van der Waals surface area contributed by atoms with Crippen molar-refractivity contribution in [1.82, 2.24) is 20.4 Å². The standard InChI is InChI=1S/C17H31N5OS/c1-4-24(23)16-9-5-8-15(11-16)21-17(18-2)19-10-6-7-14-12-20-22(3)13-14/h12-13,15-16H,4-11H2,1-3H3,(H2,18,19,21). The van der Waals surface area contributed by atoms with E-state index in [1.54, 1.807) is 7.05 Å². The number of hydrogen-bond acceptors (Lipinski definition) is 3. The molecule has 1 aromatic heterocycles. The first-order valence-electron chi connectivity index (χ1n) is 8.94. The Labute approximate surface area is 148 Å². The van der Waals surface area contributed by atoms with Gasteiger partial charge in [0.2, 0.25) is 0 Å². The van der Waals surface area contributed by atoms with Gasteiger partial charge in [0.25, 0.3) is 0 Å². The van der Waals surface area contributed by atoms with E-state index in [4.69, 9.17) is 0 Å². The second-order valence-corrected chi connectivity index (χ2v) is 8.43. The van der Waals surface area contributed by atoms with Gasteiger partial charge in [0.15, 0.2) is 5.96 Å². The average molecular weight is 354 g/mol. The maximum atomic E-state index is 12.0. The highest BCUT2D eigenvalue weighted by atomic mass is 32.2. The molecule has 1 aromatic rings. The zero-order valence-corrected chi connectivity index (χ0v) is 15.9. The molecule has 0 amide bonds. The summed E-state index contributed by atoms with van der Waals surface area (Å²) in [5, 5.41) is 11.4. The van der Waals surface area contributed by atoms with Crippen LogP contribution in [0.1, 0.15) is 44.6 Å². The molecule has 0 radical (unpaired) electrons. The highest BCUT2D eigenvalue weighted by Crippen LogP contribution is 2.22. The number of guanidine groups is 1. The Hall–Kier alpha value is -1.37. The topological polar surface area (TPSA) is 71.3 Å². The van der Waals surface area contributed by atoms with E-state index < -0.39 is 10.8 Å². The molecule has 136 valence electrons. The van der Waals surface area contributed by atoms with Gasteiger partial charge in [-0.2, -0.15) is 5.10 Å². The quantitative estimate of drug-likeness (QED) is 0.444. The van der Waals surface area contributed by atoms with E-state index >= 15 is 0 Å². The average Bonchev–Trinajstić information content (AvgIpc) is 3.02. The molecule has 6 nitrogen and oxygen atoms in total. The SMILES string of the molecule is CCS(=O)C1CCCC(NC(=NC)NCCCc2cnn(C)c2)C1. The lowest BCUT2D eigenvalue weighted by Gasteiger charge is -2.30. The summed E-state index contributed by atoms with van der Waals surface area (Å²) >= 11 is 0. The number of aryl methyl sites for hydroxylation is 2. The van der Waals surface area contributed by atoms with Crippen LogP contribution in [0.15, 0.2) is 17.4 Å². The molecule has 2 N–H and O–H groups in total. The molecule has 1 fully saturated rings. The number of nitrogens with one attached hydrogen (secondary N) is 2. The summed E-state index contributed by atoms with van der Waals surface area (Å²) < 4.78 is 13.9. The molecule has 3 atom stereocenters.